The third-order valence-electron chi connectivity index (χ3n) is 3.05. The molecule has 1 atom stereocenters. The van der Waals surface area contributed by atoms with E-state index in [0.29, 0.717) is 11.4 Å². The third kappa shape index (κ3) is 1.37. The smallest absolute Gasteiger partial charge is 0.340 e. The maximum absolute atomic E-state index is 11.6. The summed E-state index contributed by atoms with van der Waals surface area (Å²) in [7, 11) is 0. The molecule has 2 N–H and O–H groups in total. The Hall–Kier alpha value is -1.58. The van der Waals surface area contributed by atoms with Gasteiger partial charge in [-0.2, -0.15) is 0 Å². The fourth-order valence-electron chi connectivity index (χ4n) is 1.69. The van der Waals surface area contributed by atoms with Crippen LogP contribution in [-0.4, -0.2) is 17.1 Å². The van der Waals surface area contributed by atoms with Crippen molar-refractivity contribution in [1.82, 2.24) is 4.98 Å². The SMILES string of the molecule is C[C@H]1OC(=O)c2ccc(N)nc2C1(C)C. The largest absolute Gasteiger partial charge is 0.458 e. The summed E-state index contributed by atoms with van der Waals surface area (Å²) in [6.07, 6.45) is -0.188. The molecule has 2 rings (SSSR count). The first-order valence-electron chi connectivity index (χ1n) is 4.91. The Morgan fingerprint density at radius 2 is 2.13 bits per heavy atom. The van der Waals surface area contributed by atoms with Gasteiger partial charge in [-0.3, -0.25) is 0 Å². The van der Waals surface area contributed by atoms with Crippen molar-refractivity contribution in [3.05, 3.63) is 23.4 Å². The molecule has 0 amide bonds. The quantitative estimate of drug-likeness (QED) is 0.653. The van der Waals surface area contributed by atoms with E-state index >= 15 is 0 Å². The number of hydrogen-bond acceptors (Lipinski definition) is 4. The topological polar surface area (TPSA) is 65.2 Å². The second kappa shape index (κ2) is 2.95. The van der Waals surface area contributed by atoms with Gasteiger partial charge in [0.15, 0.2) is 0 Å². The summed E-state index contributed by atoms with van der Waals surface area (Å²) in [6.45, 7) is 5.86. The molecule has 0 bridgehead atoms. The molecule has 0 fully saturated rings. The zero-order valence-electron chi connectivity index (χ0n) is 9.07. The molecule has 0 unspecified atom stereocenters. The normalized spacial score (nSPS) is 23.1. The van der Waals surface area contributed by atoms with E-state index in [1.54, 1.807) is 12.1 Å². The van der Waals surface area contributed by atoms with E-state index in [1.165, 1.54) is 0 Å². The Balaban J connectivity index is 2.66. The predicted octanol–water partition coefficient (Wildman–Crippen LogP) is 1.50. The molecular formula is C11H14N2O2. The fraction of sp³-hybridized carbons (Fsp3) is 0.455. The van der Waals surface area contributed by atoms with E-state index in [0.717, 1.165) is 5.69 Å². The molecule has 0 spiro atoms. The van der Waals surface area contributed by atoms with Crippen LogP contribution in [-0.2, 0) is 10.2 Å². The molecule has 4 nitrogen and oxygen atoms in total. The predicted molar refractivity (Wildman–Crippen MR) is 56.6 cm³/mol. The Morgan fingerprint density at radius 3 is 2.80 bits per heavy atom. The number of anilines is 1. The highest BCUT2D eigenvalue weighted by atomic mass is 16.5. The maximum Gasteiger partial charge on any atom is 0.340 e. The number of esters is 1. The van der Waals surface area contributed by atoms with Gasteiger partial charge in [-0.25, -0.2) is 9.78 Å². The number of carbonyl (C=O) groups excluding carboxylic acids is 1. The van der Waals surface area contributed by atoms with Gasteiger partial charge in [-0.1, -0.05) is 13.8 Å². The van der Waals surface area contributed by atoms with Crippen molar-refractivity contribution in [2.45, 2.75) is 32.3 Å². The molecule has 4 heteroatoms. The van der Waals surface area contributed by atoms with E-state index in [1.807, 2.05) is 20.8 Å². The molecule has 1 aromatic heterocycles. The van der Waals surface area contributed by atoms with Gasteiger partial charge in [0.05, 0.1) is 11.3 Å². The molecule has 0 aromatic carbocycles. The minimum absolute atomic E-state index is 0.188. The van der Waals surface area contributed by atoms with Gasteiger partial charge < -0.3 is 10.5 Å². The first-order chi connectivity index (χ1) is 6.93. The number of nitrogens with two attached hydrogens (primary N) is 1. The van der Waals surface area contributed by atoms with E-state index < -0.39 is 0 Å². The van der Waals surface area contributed by atoms with Crippen LogP contribution in [0.2, 0.25) is 0 Å². The van der Waals surface area contributed by atoms with Crippen molar-refractivity contribution < 1.29 is 9.53 Å². The van der Waals surface area contributed by atoms with Gasteiger partial charge in [0.2, 0.25) is 0 Å². The van der Waals surface area contributed by atoms with Crippen LogP contribution in [0.3, 0.4) is 0 Å². The summed E-state index contributed by atoms with van der Waals surface area (Å²) < 4.78 is 5.25. The number of fused-ring (bicyclic) bond motifs is 1. The molecular weight excluding hydrogens is 192 g/mol. The van der Waals surface area contributed by atoms with Crippen molar-refractivity contribution in [1.29, 1.82) is 0 Å². The van der Waals surface area contributed by atoms with E-state index in [4.69, 9.17) is 10.5 Å². The number of ether oxygens (including phenoxy) is 1. The van der Waals surface area contributed by atoms with Crippen LogP contribution >= 0.6 is 0 Å². The minimum Gasteiger partial charge on any atom is -0.458 e. The van der Waals surface area contributed by atoms with Crippen LogP contribution in [0.5, 0.6) is 0 Å². The van der Waals surface area contributed by atoms with Gasteiger partial charge in [0.1, 0.15) is 11.9 Å². The standard InChI is InChI=1S/C11H14N2O2/c1-6-11(2,3)9-7(10(14)15-6)4-5-8(12)13-9/h4-6H,1-3H3,(H2,12,13)/t6-/m1/s1. The van der Waals surface area contributed by atoms with Gasteiger partial charge in [0.25, 0.3) is 0 Å². The number of aromatic nitrogens is 1. The molecule has 1 aliphatic heterocycles. The zero-order chi connectivity index (χ0) is 11.2. The van der Waals surface area contributed by atoms with Gasteiger partial charge in [-0.15, -0.1) is 0 Å². The van der Waals surface area contributed by atoms with Crippen molar-refractivity contribution in [2.75, 3.05) is 5.73 Å². The lowest BCUT2D eigenvalue weighted by atomic mass is 9.79. The average Bonchev–Trinajstić information content (AvgIpc) is 2.15. The fourth-order valence-corrected chi connectivity index (χ4v) is 1.69. The van der Waals surface area contributed by atoms with E-state index in [9.17, 15) is 4.79 Å². The van der Waals surface area contributed by atoms with Gasteiger partial charge in [0, 0.05) is 5.41 Å². The number of carbonyl (C=O) groups is 1. The van der Waals surface area contributed by atoms with Crippen LogP contribution in [0.15, 0.2) is 12.1 Å². The highest BCUT2D eigenvalue weighted by Crippen LogP contribution is 2.35. The summed E-state index contributed by atoms with van der Waals surface area (Å²) >= 11 is 0. The number of rotatable bonds is 0. The van der Waals surface area contributed by atoms with E-state index in [-0.39, 0.29) is 17.5 Å². The summed E-state index contributed by atoms with van der Waals surface area (Å²) in [4.78, 5) is 15.8. The molecule has 80 valence electrons. The molecule has 15 heavy (non-hydrogen) atoms. The monoisotopic (exact) mass is 206 g/mol. The zero-order valence-corrected chi connectivity index (χ0v) is 9.07. The van der Waals surface area contributed by atoms with Crippen LogP contribution in [0.4, 0.5) is 5.82 Å². The lowest BCUT2D eigenvalue weighted by Crippen LogP contribution is -2.42. The number of pyridine rings is 1. The maximum atomic E-state index is 11.6. The van der Waals surface area contributed by atoms with Crippen molar-refractivity contribution >= 4 is 11.8 Å². The summed E-state index contributed by atoms with van der Waals surface area (Å²) in [5.74, 6) is 0.119. The summed E-state index contributed by atoms with van der Waals surface area (Å²) in [5, 5.41) is 0. The second-order valence-corrected chi connectivity index (χ2v) is 4.40. The molecule has 0 aliphatic carbocycles. The summed E-state index contributed by atoms with van der Waals surface area (Å²) in [6, 6.07) is 3.29. The first-order valence-corrected chi connectivity index (χ1v) is 4.91. The van der Waals surface area contributed by atoms with Crippen molar-refractivity contribution in [3.8, 4) is 0 Å². The number of nitrogens with zero attached hydrogens (tertiary/aromatic N) is 1. The van der Waals surface area contributed by atoms with E-state index in [2.05, 4.69) is 4.98 Å². The first kappa shape index (κ1) is 9.96. The van der Waals surface area contributed by atoms with Crippen molar-refractivity contribution in [2.24, 2.45) is 0 Å². The summed E-state index contributed by atoms with van der Waals surface area (Å²) in [5.41, 5.74) is 6.59. The Bertz CT molecular complexity index is 427. The van der Waals surface area contributed by atoms with Gasteiger partial charge in [-0.05, 0) is 19.1 Å². The number of nitrogen functional groups attached to an aromatic ring is 1. The van der Waals surface area contributed by atoms with Crippen molar-refractivity contribution in [3.63, 3.8) is 0 Å². The Kier molecular flexibility index (Phi) is 1.96. The van der Waals surface area contributed by atoms with Crippen LogP contribution in [0, 0.1) is 0 Å². The number of hydrogen-bond donors (Lipinski definition) is 1. The van der Waals surface area contributed by atoms with Crippen LogP contribution in [0.25, 0.3) is 0 Å². The van der Waals surface area contributed by atoms with Crippen LogP contribution in [0.1, 0.15) is 36.8 Å². The molecule has 1 aliphatic rings. The van der Waals surface area contributed by atoms with Gasteiger partial charge >= 0.3 is 5.97 Å². The number of cyclic esters (lactones) is 1. The van der Waals surface area contributed by atoms with Crippen LogP contribution < -0.4 is 5.73 Å². The highest BCUT2D eigenvalue weighted by Gasteiger charge is 2.40. The molecule has 0 radical (unpaired) electrons. The minimum atomic E-state index is -0.315. The molecule has 1 aromatic rings. The average molecular weight is 206 g/mol. The Labute approximate surface area is 88.4 Å². The lowest BCUT2D eigenvalue weighted by molar-refractivity contribution is 0.00864. The molecule has 0 saturated carbocycles. The highest BCUT2D eigenvalue weighted by molar-refractivity contribution is 5.92. The molecule has 0 saturated heterocycles. The molecule has 2 heterocycles. The second-order valence-electron chi connectivity index (χ2n) is 4.40. The third-order valence-corrected chi connectivity index (χ3v) is 3.05. The Morgan fingerprint density at radius 1 is 1.47 bits per heavy atom. The lowest BCUT2D eigenvalue weighted by Gasteiger charge is -2.36.